The van der Waals surface area contributed by atoms with Gasteiger partial charge in [0.05, 0.1) is 11.5 Å². The number of nitrogens with two attached hydrogens (primary N) is 1. The van der Waals surface area contributed by atoms with Gasteiger partial charge in [0.25, 0.3) is 0 Å². The average molecular weight is 232 g/mol. The lowest BCUT2D eigenvalue weighted by Crippen LogP contribution is -1.98. The number of para-hydroxylation sites is 1. The van der Waals surface area contributed by atoms with Crippen LogP contribution in [-0.2, 0) is 0 Å². The maximum Gasteiger partial charge on any atom is 0.235 e. The summed E-state index contributed by atoms with van der Waals surface area (Å²) in [7, 11) is 0. The fraction of sp³-hybridized carbons (Fsp3) is 0.167. The van der Waals surface area contributed by atoms with E-state index in [1.54, 1.807) is 24.3 Å². The predicted molar refractivity (Wildman–Crippen MR) is 64.8 cm³/mol. The van der Waals surface area contributed by atoms with Crippen LogP contribution in [0.15, 0.2) is 30.5 Å². The van der Waals surface area contributed by atoms with E-state index in [1.807, 2.05) is 0 Å². The molecule has 5 heteroatoms. The second-order valence-corrected chi connectivity index (χ2v) is 2.99. The number of hydrogen-bond acceptors (Lipinski definition) is 4. The smallest absolute Gasteiger partial charge is 0.235 e. The van der Waals surface area contributed by atoms with E-state index in [1.165, 1.54) is 6.08 Å². The molecule has 1 aromatic carbocycles. The first kappa shape index (κ1) is 12.7. The monoisotopic (exact) mass is 232 g/mol. The third kappa shape index (κ3) is 4.82. The maximum absolute atomic E-state index is 10.2. The number of benzene rings is 1. The van der Waals surface area contributed by atoms with E-state index in [9.17, 15) is 10.1 Å². The SMILES string of the molecule is NCC#CCOc1ccccc1C=C[N+](=O)[O-]. The molecule has 5 nitrogen and oxygen atoms in total. The van der Waals surface area contributed by atoms with Crippen LogP contribution in [0.25, 0.3) is 6.08 Å². The molecule has 0 bridgehead atoms. The van der Waals surface area contributed by atoms with Crippen molar-refractivity contribution in [2.24, 2.45) is 5.73 Å². The molecule has 0 aliphatic carbocycles. The molecule has 0 spiro atoms. The van der Waals surface area contributed by atoms with Gasteiger partial charge in [-0.3, -0.25) is 10.1 Å². The van der Waals surface area contributed by atoms with Crippen molar-refractivity contribution < 1.29 is 9.66 Å². The molecule has 0 aromatic heterocycles. The van der Waals surface area contributed by atoms with Crippen molar-refractivity contribution in [3.8, 4) is 17.6 Å². The van der Waals surface area contributed by atoms with Crippen molar-refractivity contribution in [2.45, 2.75) is 0 Å². The molecule has 88 valence electrons. The van der Waals surface area contributed by atoms with Crippen LogP contribution in [0.4, 0.5) is 0 Å². The minimum atomic E-state index is -0.523. The molecule has 0 unspecified atom stereocenters. The lowest BCUT2D eigenvalue weighted by molar-refractivity contribution is -0.400. The zero-order chi connectivity index (χ0) is 12.5. The summed E-state index contributed by atoms with van der Waals surface area (Å²) in [6, 6.07) is 7.02. The van der Waals surface area contributed by atoms with Gasteiger partial charge in [-0.1, -0.05) is 30.0 Å². The highest BCUT2D eigenvalue weighted by molar-refractivity contribution is 5.56. The van der Waals surface area contributed by atoms with Crippen LogP contribution in [0.5, 0.6) is 5.75 Å². The van der Waals surface area contributed by atoms with Gasteiger partial charge in [0.15, 0.2) is 0 Å². The van der Waals surface area contributed by atoms with Crippen LogP contribution in [0.3, 0.4) is 0 Å². The Balaban J connectivity index is 2.74. The zero-order valence-corrected chi connectivity index (χ0v) is 9.13. The fourth-order valence-corrected chi connectivity index (χ4v) is 1.13. The van der Waals surface area contributed by atoms with Gasteiger partial charge in [0.2, 0.25) is 6.20 Å². The van der Waals surface area contributed by atoms with Crippen molar-refractivity contribution in [3.63, 3.8) is 0 Å². The largest absolute Gasteiger partial charge is 0.480 e. The van der Waals surface area contributed by atoms with Crippen molar-refractivity contribution in [3.05, 3.63) is 46.1 Å². The van der Waals surface area contributed by atoms with Crippen LogP contribution in [0.1, 0.15) is 5.56 Å². The van der Waals surface area contributed by atoms with Crippen LogP contribution in [0.2, 0.25) is 0 Å². The molecule has 1 aromatic rings. The van der Waals surface area contributed by atoms with E-state index < -0.39 is 4.92 Å². The van der Waals surface area contributed by atoms with E-state index in [4.69, 9.17) is 10.5 Å². The summed E-state index contributed by atoms with van der Waals surface area (Å²) in [6.45, 7) is 0.493. The molecule has 0 saturated heterocycles. The Morgan fingerprint density at radius 1 is 1.41 bits per heavy atom. The first-order chi connectivity index (χ1) is 8.24. The van der Waals surface area contributed by atoms with Gasteiger partial charge in [-0.15, -0.1) is 0 Å². The molecule has 0 saturated carbocycles. The molecular weight excluding hydrogens is 220 g/mol. The van der Waals surface area contributed by atoms with E-state index in [0.717, 1.165) is 6.20 Å². The Morgan fingerprint density at radius 2 is 2.18 bits per heavy atom. The molecule has 2 N–H and O–H groups in total. The first-order valence-electron chi connectivity index (χ1n) is 4.93. The number of rotatable bonds is 4. The van der Waals surface area contributed by atoms with Gasteiger partial charge in [0, 0.05) is 11.6 Å². The maximum atomic E-state index is 10.2. The number of ether oxygens (including phenoxy) is 1. The normalized spacial score (nSPS) is 9.71. The Hall–Kier alpha value is -2.32. The number of hydrogen-bond donors (Lipinski definition) is 1. The van der Waals surface area contributed by atoms with Gasteiger partial charge in [-0.2, -0.15) is 0 Å². The Bertz CT molecular complexity index is 472. The topological polar surface area (TPSA) is 78.4 Å². The second-order valence-electron chi connectivity index (χ2n) is 2.99. The lowest BCUT2D eigenvalue weighted by atomic mass is 10.2. The van der Waals surface area contributed by atoms with Crippen molar-refractivity contribution >= 4 is 6.08 Å². The quantitative estimate of drug-likeness (QED) is 0.481. The molecule has 0 radical (unpaired) electrons. The molecule has 0 aliphatic rings. The van der Waals surface area contributed by atoms with Gasteiger partial charge in [-0.25, -0.2) is 0 Å². The Labute approximate surface area is 99.0 Å². The van der Waals surface area contributed by atoms with Crippen molar-refractivity contribution in [1.29, 1.82) is 0 Å². The van der Waals surface area contributed by atoms with E-state index in [2.05, 4.69) is 11.8 Å². The third-order valence-electron chi connectivity index (χ3n) is 1.82. The van der Waals surface area contributed by atoms with E-state index >= 15 is 0 Å². The minimum Gasteiger partial charge on any atom is -0.480 e. The highest BCUT2D eigenvalue weighted by atomic mass is 16.6. The molecule has 0 atom stereocenters. The molecule has 0 fully saturated rings. The van der Waals surface area contributed by atoms with Crippen molar-refractivity contribution in [2.75, 3.05) is 13.2 Å². The van der Waals surface area contributed by atoms with Crippen LogP contribution in [-0.4, -0.2) is 18.1 Å². The van der Waals surface area contributed by atoms with Gasteiger partial charge in [0.1, 0.15) is 12.4 Å². The van der Waals surface area contributed by atoms with Crippen LogP contribution < -0.4 is 10.5 Å². The molecule has 0 amide bonds. The molecule has 0 heterocycles. The van der Waals surface area contributed by atoms with Crippen molar-refractivity contribution in [1.82, 2.24) is 0 Å². The fourth-order valence-electron chi connectivity index (χ4n) is 1.13. The van der Waals surface area contributed by atoms with Gasteiger partial charge < -0.3 is 10.5 Å². The Morgan fingerprint density at radius 3 is 2.88 bits per heavy atom. The van der Waals surface area contributed by atoms with E-state index in [-0.39, 0.29) is 13.2 Å². The summed E-state index contributed by atoms with van der Waals surface area (Å²) in [6.07, 6.45) is 2.25. The Kier molecular flexibility index (Phi) is 5.28. The average Bonchev–Trinajstić information content (AvgIpc) is 2.33. The standard InChI is InChI=1S/C12H12N2O3/c13-8-3-4-10-17-12-6-2-1-5-11(12)7-9-14(15)16/h1-2,5-7,9H,8,10,13H2. The second kappa shape index (κ2) is 7.04. The summed E-state index contributed by atoms with van der Waals surface area (Å²) in [5, 5.41) is 10.2. The first-order valence-corrected chi connectivity index (χ1v) is 4.93. The predicted octanol–water partition coefficient (Wildman–Crippen LogP) is 1.27. The summed E-state index contributed by atoms with van der Waals surface area (Å²) in [5.41, 5.74) is 5.84. The minimum absolute atomic E-state index is 0.209. The van der Waals surface area contributed by atoms with Gasteiger partial charge in [-0.05, 0) is 6.07 Å². The third-order valence-corrected chi connectivity index (χ3v) is 1.82. The zero-order valence-electron chi connectivity index (χ0n) is 9.13. The summed E-state index contributed by atoms with van der Waals surface area (Å²) < 4.78 is 5.37. The molecule has 17 heavy (non-hydrogen) atoms. The van der Waals surface area contributed by atoms with Crippen LogP contribution >= 0.6 is 0 Å². The molecular formula is C12H12N2O3. The summed E-state index contributed by atoms with van der Waals surface area (Å²) in [5.74, 6) is 5.94. The van der Waals surface area contributed by atoms with Crippen LogP contribution in [0, 0.1) is 22.0 Å². The summed E-state index contributed by atoms with van der Waals surface area (Å²) >= 11 is 0. The number of nitro groups is 1. The highest BCUT2D eigenvalue weighted by Crippen LogP contribution is 2.19. The lowest BCUT2D eigenvalue weighted by Gasteiger charge is -2.04. The molecule has 1 rings (SSSR count). The number of nitrogens with zero attached hydrogens (tertiary/aromatic N) is 1. The van der Waals surface area contributed by atoms with E-state index in [0.29, 0.717) is 11.3 Å². The molecule has 0 aliphatic heterocycles. The summed E-state index contributed by atoms with van der Waals surface area (Å²) in [4.78, 5) is 9.70. The van der Waals surface area contributed by atoms with Gasteiger partial charge >= 0.3 is 0 Å². The highest BCUT2D eigenvalue weighted by Gasteiger charge is 1.99.